The second kappa shape index (κ2) is 8.49. The van der Waals surface area contributed by atoms with Crippen molar-refractivity contribution in [3.8, 4) is 0 Å². The Hall–Kier alpha value is -2.48. The van der Waals surface area contributed by atoms with Crippen molar-refractivity contribution in [2.24, 2.45) is 0 Å². The van der Waals surface area contributed by atoms with Crippen LogP contribution in [-0.4, -0.2) is 51.6 Å². The van der Waals surface area contributed by atoms with Crippen LogP contribution in [0.5, 0.6) is 0 Å². The number of hydrogen-bond acceptors (Lipinski definition) is 6. The SMILES string of the molecule is CNC(=O)c1nc(C)c(C)c(N2CC[C@@H](NCc3cnc4n3CCCCC4)C2)n1. The average Bonchev–Trinajstić information content (AvgIpc) is 3.28. The van der Waals surface area contributed by atoms with Gasteiger partial charge in [0.1, 0.15) is 11.6 Å². The topological polar surface area (TPSA) is 88.0 Å². The first-order valence-electron chi connectivity index (χ1n) is 10.7. The highest BCUT2D eigenvalue weighted by Gasteiger charge is 2.26. The Labute approximate surface area is 172 Å². The van der Waals surface area contributed by atoms with Crippen molar-refractivity contribution >= 4 is 11.7 Å². The van der Waals surface area contributed by atoms with E-state index < -0.39 is 0 Å². The lowest BCUT2D eigenvalue weighted by atomic mass is 10.2. The summed E-state index contributed by atoms with van der Waals surface area (Å²) in [5.41, 5.74) is 3.18. The summed E-state index contributed by atoms with van der Waals surface area (Å²) < 4.78 is 2.40. The predicted octanol–water partition coefficient (Wildman–Crippen LogP) is 1.74. The van der Waals surface area contributed by atoms with Crippen molar-refractivity contribution < 1.29 is 4.79 Å². The standard InChI is InChI=1S/C21H31N7O/c1-14-15(2)25-19(21(29)22-3)26-20(14)27-10-8-16(13-27)23-11-17-12-24-18-7-5-4-6-9-28(17)18/h12,16,23H,4-11,13H2,1-3H3,(H,22,29)/t16-/m1/s1. The van der Waals surface area contributed by atoms with Crippen LogP contribution in [0.1, 0.15) is 59.1 Å². The number of aryl methyl sites for hydroxylation is 2. The highest BCUT2D eigenvalue weighted by molar-refractivity contribution is 5.90. The van der Waals surface area contributed by atoms with Crippen molar-refractivity contribution in [2.45, 2.75) is 65.1 Å². The van der Waals surface area contributed by atoms with E-state index in [2.05, 4.69) is 35.1 Å². The van der Waals surface area contributed by atoms with Gasteiger partial charge in [-0.3, -0.25) is 4.79 Å². The van der Waals surface area contributed by atoms with Crippen LogP contribution < -0.4 is 15.5 Å². The summed E-state index contributed by atoms with van der Waals surface area (Å²) in [5.74, 6) is 2.10. The minimum atomic E-state index is -0.246. The molecule has 0 bridgehead atoms. The van der Waals surface area contributed by atoms with Gasteiger partial charge in [-0.15, -0.1) is 0 Å². The lowest BCUT2D eigenvalue weighted by Crippen LogP contribution is -2.33. The Bertz CT molecular complexity index is 891. The molecule has 2 aliphatic rings. The zero-order chi connectivity index (χ0) is 20.4. The molecule has 2 N–H and O–H groups in total. The third kappa shape index (κ3) is 4.12. The van der Waals surface area contributed by atoms with E-state index in [-0.39, 0.29) is 11.7 Å². The lowest BCUT2D eigenvalue weighted by Gasteiger charge is -2.21. The van der Waals surface area contributed by atoms with Crippen molar-refractivity contribution in [1.82, 2.24) is 30.2 Å². The van der Waals surface area contributed by atoms with Gasteiger partial charge in [0.2, 0.25) is 5.82 Å². The van der Waals surface area contributed by atoms with Crippen molar-refractivity contribution in [3.63, 3.8) is 0 Å². The molecule has 4 heterocycles. The molecule has 0 radical (unpaired) electrons. The molecular formula is C21H31N7O. The monoisotopic (exact) mass is 397 g/mol. The van der Waals surface area contributed by atoms with E-state index in [4.69, 9.17) is 0 Å². The van der Waals surface area contributed by atoms with Gasteiger partial charge >= 0.3 is 0 Å². The molecule has 8 nitrogen and oxygen atoms in total. The number of anilines is 1. The van der Waals surface area contributed by atoms with Crippen LogP contribution in [0.4, 0.5) is 5.82 Å². The first kappa shape index (κ1) is 19.8. The minimum Gasteiger partial charge on any atom is -0.355 e. The predicted molar refractivity (Wildman–Crippen MR) is 112 cm³/mol. The molecule has 2 aliphatic heterocycles. The molecule has 8 heteroatoms. The van der Waals surface area contributed by atoms with Crippen LogP contribution in [0.2, 0.25) is 0 Å². The zero-order valence-electron chi connectivity index (χ0n) is 17.7. The Kier molecular flexibility index (Phi) is 5.80. The summed E-state index contributed by atoms with van der Waals surface area (Å²) in [6.07, 6.45) is 7.97. The summed E-state index contributed by atoms with van der Waals surface area (Å²) in [7, 11) is 1.60. The number of rotatable bonds is 5. The number of nitrogens with one attached hydrogen (secondary N) is 2. The summed E-state index contributed by atoms with van der Waals surface area (Å²) in [4.78, 5) is 27.8. The molecule has 1 amide bonds. The van der Waals surface area contributed by atoms with Gasteiger partial charge in [-0.2, -0.15) is 0 Å². The van der Waals surface area contributed by atoms with E-state index in [0.717, 1.165) is 56.1 Å². The molecule has 0 aromatic carbocycles. The maximum absolute atomic E-state index is 12.0. The van der Waals surface area contributed by atoms with Crippen LogP contribution in [0.15, 0.2) is 6.20 Å². The Balaban J connectivity index is 1.42. The van der Waals surface area contributed by atoms with Crippen LogP contribution in [0.25, 0.3) is 0 Å². The molecule has 0 spiro atoms. The summed E-state index contributed by atoms with van der Waals surface area (Å²) in [5, 5.41) is 6.33. The number of hydrogen-bond donors (Lipinski definition) is 2. The van der Waals surface area contributed by atoms with E-state index in [1.165, 1.54) is 30.8 Å². The number of carbonyl (C=O) groups excluding carboxylic acids is 1. The maximum Gasteiger partial charge on any atom is 0.288 e. The van der Waals surface area contributed by atoms with Gasteiger partial charge < -0.3 is 20.1 Å². The molecule has 1 atom stereocenters. The van der Waals surface area contributed by atoms with Crippen LogP contribution in [0.3, 0.4) is 0 Å². The fourth-order valence-corrected chi connectivity index (χ4v) is 4.30. The van der Waals surface area contributed by atoms with Crippen LogP contribution >= 0.6 is 0 Å². The summed E-state index contributed by atoms with van der Waals surface area (Å²) >= 11 is 0. The molecule has 4 rings (SSSR count). The van der Waals surface area contributed by atoms with E-state index >= 15 is 0 Å². The Morgan fingerprint density at radius 1 is 1.21 bits per heavy atom. The third-order valence-corrected chi connectivity index (χ3v) is 6.16. The fourth-order valence-electron chi connectivity index (χ4n) is 4.30. The molecule has 2 aromatic heterocycles. The highest BCUT2D eigenvalue weighted by Crippen LogP contribution is 2.24. The van der Waals surface area contributed by atoms with Gasteiger partial charge in [0.15, 0.2) is 0 Å². The summed E-state index contributed by atoms with van der Waals surface area (Å²) in [6, 6.07) is 0.394. The van der Waals surface area contributed by atoms with Gasteiger partial charge in [-0.05, 0) is 33.1 Å². The molecular weight excluding hydrogens is 366 g/mol. The average molecular weight is 398 g/mol. The van der Waals surface area contributed by atoms with Gasteiger partial charge in [-0.1, -0.05) is 6.42 Å². The smallest absolute Gasteiger partial charge is 0.288 e. The molecule has 0 unspecified atom stereocenters. The normalized spacial score (nSPS) is 19.1. The van der Waals surface area contributed by atoms with Crippen molar-refractivity contribution in [1.29, 1.82) is 0 Å². The maximum atomic E-state index is 12.0. The summed E-state index contributed by atoms with van der Waals surface area (Å²) in [6.45, 7) is 7.70. The van der Waals surface area contributed by atoms with E-state index in [0.29, 0.717) is 6.04 Å². The third-order valence-electron chi connectivity index (χ3n) is 6.16. The molecule has 2 aromatic rings. The number of aromatic nitrogens is 4. The van der Waals surface area contributed by atoms with Crippen molar-refractivity contribution in [2.75, 3.05) is 25.0 Å². The fraction of sp³-hybridized carbons (Fsp3) is 0.619. The lowest BCUT2D eigenvalue weighted by molar-refractivity contribution is 0.0952. The molecule has 0 aliphatic carbocycles. The molecule has 1 saturated heterocycles. The zero-order valence-corrected chi connectivity index (χ0v) is 17.7. The molecule has 29 heavy (non-hydrogen) atoms. The quantitative estimate of drug-likeness (QED) is 0.799. The van der Waals surface area contributed by atoms with Gasteiger partial charge in [-0.25, -0.2) is 15.0 Å². The highest BCUT2D eigenvalue weighted by atomic mass is 16.2. The van der Waals surface area contributed by atoms with E-state index in [1.807, 2.05) is 20.0 Å². The number of amides is 1. The second-order valence-corrected chi connectivity index (χ2v) is 8.10. The molecule has 1 fully saturated rings. The van der Waals surface area contributed by atoms with Gasteiger partial charge in [0.25, 0.3) is 5.91 Å². The second-order valence-electron chi connectivity index (χ2n) is 8.10. The van der Waals surface area contributed by atoms with E-state index in [1.54, 1.807) is 7.05 Å². The molecule has 0 saturated carbocycles. The van der Waals surface area contributed by atoms with Gasteiger partial charge in [0.05, 0.1) is 5.69 Å². The van der Waals surface area contributed by atoms with Gasteiger partial charge in [0, 0.05) is 63.1 Å². The van der Waals surface area contributed by atoms with Crippen molar-refractivity contribution in [3.05, 3.63) is 34.8 Å². The van der Waals surface area contributed by atoms with E-state index in [9.17, 15) is 4.79 Å². The van der Waals surface area contributed by atoms with Crippen LogP contribution in [0, 0.1) is 13.8 Å². The number of fused-ring (bicyclic) bond motifs is 1. The first-order chi connectivity index (χ1) is 14.1. The first-order valence-corrected chi connectivity index (χ1v) is 10.7. The Morgan fingerprint density at radius 3 is 2.90 bits per heavy atom. The number of carbonyl (C=O) groups is 1. The number of nitrogens with zero attached hydrogens (tertiary/aromatic N) is 5. The minimum absolute atomic E-state index is 0.240. The molecule has 156 valence electrons. The Morgan fingerprint density at radius 2 is 2.07 bits per heavy atom. The number of imidazole rings is 1. The largest absolute Gasteiger partial charge is 0.355 e. The van der Waals surface area contributed by atoms with Crippen LogP contribution in [-0.2, 0) is 19.5 Å².